The van der Waals surface area contributed by atoms with Crippen molar-refractivity contribution in [2.45, 2.75) is 46.1 Å². The van der Waals surface area contributed by atoms with Gasteiger partial charge in [-0.25, -0.2) is 14.4 Å². The van der Waals surface area contributed by atoms with Crippen LogP contribution < -0.4 is 5.32 Å². The number of likely N-dealkylation sites (tertiary alicyclic amines) is 1. The Labute approximate surface area is 125 Å². The van der Waals surface area contributed by atoms with Crippen molar-refractivity contribution < 1.29 is 9.18 Å². The molecule has 0 radical (unpaired) electrons. The molecule has 1 aliphatic rings. The van der Waals surface area contributed by atoms with Crippen molar-refractivity contribution in [2.75, 3.05) is 18.4 Å². The average molecular weight is 294 g/mol. The third-order valence-electron chi connectivity index (χ3n) is 3.84. The van der Waals surface area contributed by atoms with Gasteiger partial charge in [0.1, 0.15) is 12.4 Å². The summed E-state index contributed by atoms with van der Waals surface area (Å²) in [5, 5.41) is 2.98. The van der Waals surface area contributed by atoms with E-state index in [2.05, 4.69) is 15.3 Å². The molecule has 21 heavy (non-hydrogen) atoms. The van der Waals surface area contributed by atoms with Gasteiger partial charge in [-0.2, -0.15) is 0 Å². The Hall–Kier alpha value is -1.72. The zero-order chi connectivity index (χ0) is 15.4. The molecule has 5 nitrogen and oxygen atoms in total. The predicted molar refractivity (Wildman–Crippen MR) is 79.4 cm³/mol. The number of nitrogens with zero attached hydrogens (tertiary/aromatic N) is 3. The number of hydrogen-bond acceptors (Lipinski definition) is 4. The minimum atomic E-state index is -0.461. The molecule has 1 N–H and O–H groups in total. The number of anilines is 1. The van der Waals surface area contributed by atoms with Gasteiger partial charge in [0.25, 0.3) is 0 Å². The molecule has 1 fully saturated rings. The van der Waals surface area contributed by atoms with E-state index in [0.29, 0.717) is 12.1 Å². The van der Waals surface area contributed by atoms with Crippen molar-refractivity contribution in [1.29, 1.82) is 0 Å². The Kier molecular flexibility index (Phi) is 5.09. The molecule has 1 saturated heterocycles. The molecule has 2 heterocycles. The van der Waals surface area contributed by atoms with Gasteiger partial charge in [-0.3, -0.25) is 4.79 Å². The molecular formula is C15H23FN4O. The first kappa shape index (κ1) is 15.7. The lowest BCUT2D eigenvalue weighted by molar-refractivity contribution is -0.131. The third-order valence-corrected chi connectivity index (χ3v) is 3.84. The number of rotatable bonds is 5. The second-order valence-corrected chi connectivity index (χ2v) is 5.73. The van der Waals surface area contributed by atoms with E-state index in [4.69, 9.17) is 0 Å². The Bertz CT molecular complexity index is 500. The summed E-state index contributed by atoms with van der Waals surface area (Å²) in [5.74, 6) is -0.260. The smallest absolute Gasteiger partial charge is 0.245 e. The van der Waals surface area contributed by atoms with E-state index in [1.165, 1.54) is 6.33 Å². The number of carbonyl (C=O) groups excluding carboxylic acids is 1. The van der Waals surface area contributed by atoms with E-state index in [1.54, 1.807) is 0 Å². The van der Waals surface area contributed by atoms with Gasteiger partial charge in [0, 0.05) is 13.1 Å². The minimum Gasteiger partial charge on any atom is -0.356 e. The molecule has 0 saturated carbocycles. The zero-order valence-corrected chi connectivity index (χ0v) is 12.9. The lowest BCUT2D eigenvalue weighted by Crippen LogP contribution is -2.44. The standard InChI is InChI=1S/C15H23FN4O/c1-4-11-12(16)14(18-9-17-11)19-13(10(2)3)15(21)20-7-5-6-8-20/h9-10,13H,4-8H2,1-3H3,(H,17,18,19)/t13-/m1/s1. The fraction of sp³-hybridized carbons (Fsp3) is 0.667. The highest BCUT2D eigenvalue weighted by Gasteiger charge is 2.29. The second kappa shape index (κ2) is 6.83. The van der Waals surface area contributed by atoms with Crippen LogP contribution in [0, 0.1) is 11.7 Å². The summed E-state index contributed by atoms with van der Waals surface area (Å²) in [6.45, 7) is 7.31. The molecule has 1 amide bonds. The molecule has 6 heteroatoms. The Morgan fingerprint density at radius 1 is 1.38 bits per heavy atom. The number of carbonyl (C=O) groups is 1. The third kappa shape index (κ3) is 3.49. The molecule has 0 aliphatic carbocycles. The highest BCUT2D eigenvalue weighted by atomic mass is 19.1. The van der Waals surface area contributed by atoms with Crippen molar-refractivity contribution in [3.8, 4) is 0 Å². The minimum absolute atomic E-state index is 0.0264. The van der Waals surface area contributed by atoms with Gasteiger partial charge in [-0.05, 0) is 25.2 Å². The SMILES string of the molecule is CCc1ncnc(N[C@@H](C(=O)N2CCCC2)C(C)C)c1F. The van der Waals surface area contributed by atoms with Gasteiger partial charge in [0.15, 0.2) is 11.6 Å². The zero-order valence-electron chi connectivity index (χ0n) is 12.9. The highest BCUT2D eigenvalue weighted by molar-refractivity contribution is 5.85. The van der Waals surface area contributed by atoms with Crippen LogP contribution in [-0.4, -0.2) is 39.9 Å². The first-order chi connectivity index (χ1) is 10.0. The van der Waals surface area contributed by atoms with Crippen molar-refractivity contribution >= 4 is 11.7 Å². The van der Waals surface area contributed by atoms with Gasteiger partial charge >= 0.3 is 0 Å². The van der Waals surface area contributed by atoms with Gasteiger partial charge < -0.3 is 10.2 Å². The molecule has 0 bridgehead atoms. The van der Waals surface area contributed by atoms with Crippen molar-refractivity contribution in [1.82, 2.24) is 14.9 Å². The predicted octanol–water partition coefficient (Wildman–Crippen LogP) is 2.24. The van der Waals surface area contributed by atoms with Gasteiger partial charge in [0.2, 0.25) is 5.91 Å². The van der Waals surface area contributed by atoms with E-state index in [1.807, 2.05) is 25.7 Å². The van der Waals surface area contributed by atoms with E-state index < -0.39 is 11.9 Å². The monoisotopic (exact) mass is 294 g/mol. The van der Waals surface area contributed by atoms with Crippen LogP contribution in [0.15, 0.2) is 6.33 Å². The summed E-state index contributed by atoms with van der Waals surface area (Å²) >= 11 is 0. The molecule has 1 aromatic rings. The van der Waals surface area contributed by atoms with Crippen LogP contribution >= 0.6 is 0 Å². The van der Waals surface area contributed by atoms with E-state index in [-0.39, 0.29) is 17.6 Å². The lowest BCUT2D eigenvalue weighted by atomic mass is 10.0. The Morgan fingerprint density at radius 2 is 2.05 bits per heavy atom. The van der Waals surface area contributed by atoms with Crippen molar-refractivity contribution in [2.24, 2.45) is 5.92 Å². The van der Waals surface area contributed by atoms with Crippen LogP contribution in [-0.2, 0) is 11.2 Å². The van der Waals surface area contributed by atoms with E-state index in [0.717, 1.165) is 25.9 Å². The van der Waals surface area contributed by atoms with Crippen LogP contribution in [0.25, 0.3) is 0 Å². The normalized spacial score (nSPS) is 16.3. The second-order valence-electron chi connectivity index (χ2n) is 5.73. The van der Waals surface area contributed by atoms with Crippen molar-refractivity contribution in [3.63, 3.8) is 0 Å². The largest absolute Gasteiger partial charge is 0.356 e. The molecule has 2 rings (SSSR count). The number of amides is 1. The molecule has 1 atom stereocenters. The van der Waals surface area contributed by atoms with E-state index >= 15 is 0 Å². The molecule has 116 valence electrons. The number of hydrogen-bond donors (Lipinski definition) is 1. The first-order valence-corrected chi connectivity index (χ1v) is 7.59. The average Bonchev–Trinajstić information content (AvgIpc) is 2.99. The topological polar surface area (TPSA) is 58.1 Å². The summed E-state index contributed by atoms with van der Waals surface area (Å²) in [6, 6.07) is -0.461. The van der Waals surface area contributed by atoms with Crippen LogP contribution in [0.1, 0.15) is 39.3 Å². The Balaban J connectivity index is 2.18. The molecule has 0 unspecified atom stereocenters. The summed E-state index contributed by atoms with van der Waals surface area (Å²) in [7, 11) is 0. The van der Waals surface area contributed by atoms with Crippen LogP contribution in [0.4, 0.5) is 10.2 Å². The molecule has 1 aliphatic heterocycles. The molecular weight excluding hydrogens is 271 g/mol. The maximum atomic E-state index is 14.2. The maximum Gasteiger partial charge on any atom is 0.245 e. The van der Waals surface area contributed by atoms with E-state index in [9.17, 15) is 9.18 Å². The van der Waals surface area contributed by atoms with Crippen LogP contribution in [0.5, 0.6) is 0 Å². The number of aryl methyl sites for hydroxylation is 1. The summed E-state index contributed by atoms with van der Waals surface area (Å²) in [5.41, 5.74) is 0.364. The quantitative estimate of drug-likeness (QED) is 0.905. The lowest BCUT2D eigenvalue weighted by Gasteiger charge is -2.27. The van der Waals surface area contributed by atoms with Gasteiger partial charge in [-0.1, -0.05) is 20.8 Å². The summed E-state index contributed by atoms with van der Waals surface area (Å²) < 4.78 is 14.2. The molecule has 0 spiro atoms. The first-order valence-electron chi connectivity index (χ1n) is 7.59. The molecule has 0 aromatic carbocycles. The van der Waals surface area contributed by atoms with Crippen LogP contribution in [0.3, 0.4) is 0 Å². The fourth-order valence-corrected chi connectivity index (χ4v) is 2.55. The molecule has 1 aromatic heterocycles. The fourth-order valence-electron chi connectivity index (χ4n) is 2.55. The van der Waals surface area contributed by atoms with Gasteiger partial charge in [0.05, 0.1) is 5.69 Å². The number of aromatic nitrogens is 2. The van der Waals surface area contributed by atoms with Gasteiger partial charge in [-0.15, -0.1) is 0 Å². The number of halogens is 1. The summed E-state index contributed by atoms with van der Waals surface area (Å²) in [4.78, 5) is 22.3. The number of nitrogens with one attached hydrogen (secondary N) is 1. The Morgan fingerprint density at radius 3 is 2.62 bits per heavy atom. The maximum absolute atomic E-state index is 14.2. The summed E-state index contributed by atoms with van der Waals surface area (Å²) in [6.07, 6.45) is 3.91. The van der Waals surface area contributed by atoms with Crippen LogP contribution in [0.2, 0.25) is 0 Å². The van der Waals surface area contributed by atoms with Crippen molar-refractivity contribution in [3.05, 3.63) is 17.8 Å². The highest BCUT2D eigenvalue weighted by Crippen LogP contribution is 2.19.